The van der Waals surface area contributed by atoms with Gasteiger partial charge in [0.2, 0.25) is 0 Å². The van der Waals surface area contributed by atoms with Crippen molar-refractivity contribution >= 4 is 17.3 Å². The fourth-order valence-corrected chi connectivity index (χ4v) is 2.48. The molecule has 1 N–H and O–H groups in total. The summed E-state index contributed by atoms with van der Waals surface area (Å²) in [5.74, 6) is 0.876. The van der Waals surface area contributed by atoms with E-state index in [1.54, 1.807) is 0 Å². The number of para-hydroxylation sites is 1. The van der Waals surface area contributed by atoms with Crippen molar-refractivity contribution in [3.63, 3.8) is 0 Å². The summed E-state index contributed by atoms with van der Waals surface area (Å²) in [6, 6.07) is 11.6. The minimum atomic E-state index is -0.534. The van der Waals surface area contributed by atoms with Crippen molar-refractivity contribution in [1.29, 1.82) is 0 Å². The number of nitrogens with one attached hydrogen (secondary N) is 1. The third-order valence-electron chi connectivity index (χ3n) is 4.09. The maximum absolute atomic E-state index is 12.2. The summed E-state index contributed by atoms with van der Waals surface area (Å²) in [6.07, 6.45) is 0.956. The number of nitrogens with zero attached hydrogens (tertiary/aromatic N) is 1. The molecule has 2 aromatic rings. The third kappa shape index (κ3) is 4.72. The summed E-state index contributed by atoms with van der Waals surface area (Å²) in [6.45, 7) is 3.97. The Balaban J connectivity index is 2.08. The lowest BCUT2D eigenvalue weighted by Crippen LogP contribution is -2.21. The molecular weight excluding hydrogens is 336 g/mol. The highest BCUT2D eigenvalue weighted by Gasteiger charge is 2.15. The molecule has 1 amide bonds. The van der Waals surface area contributed by atoms with Gasteiger partial charge in [-0.3, -0.25) is 14.9 Å². The molecule has 7 heteroatoms. The number of hydrogen-bond donors (Lipinski definition) is 1. The Labute approximate surface area is 152 Å². The molecule has 0 saturated carbocycles. The average molecular weight is 358 g/mol. The number of nitro benzene ring substituents is 1. The molecule has 0 saturated heterocycles. The molecular formula is C19H22N2O5. The zero-order valence-electron chi connectivity index (χ0n) is 15.0. The number of hydrogen-bond acceptors (Lipinski definition) is 5. The molecule has 0 spiro atoms. The summed E-state index contributed by atoms with van der Waals surface area (Å²) in [5.41, 5.74) is 1.13. The van der Waals surface area contributed by atoms with Gasteiger partial charge in [0.15, 0.2) is 6.61 Å². The predicted molar refractivity (Wildman–Crippen MR) is 98.9 cm³/mol. The van der Waals surface area contributed by atoms with E-state index in [9.17, 15) is 14.9 Å². The quantitative estimate of drug-likeness (QED) is 0.566. The smallest absolute Gasteiger partial charge is 0.271 e. The highest BCUT2D eigenvalue weighted by atomic mass is 16.6. The molecule has 0 fully saturated rings. The van der Waals surface area contributed by atoms with Crippen LogP contribution in [0, 0.1) is 10.1 Å². The van der Waals surface area contributed by atoms with E-state index >= 15 is 0 Å². The van der Waals surface area contributed by atoms with Gasteiger partial charge in [-0.1, -0.05) is 32.0 Å². The molecule has 0 aliphatic carbocycles. The van der Waals surface area contributed by atoms with Crippen LogP contribution in [-0.4, -0.2) is 24.5 Å². The SMILES string of the molecule is CC[C@H](C)c1ccccc1OCC(=O)Nc1cc([N+](=O)[O-])ccc1OC. The van der Waals surface area contributed by atoms with Crippen LogP contribution in [0.1, 0.15) is 31.7 Å². The van der Waals surface area contributed by atoms with Gasteiger partial charge in [0.1, 0.15) is 11.5 Å². The Morgan fingerprint density at radius 3 is 2.62 bits per heavy atom. The van der Waals surface area contributed by atoms with E-state index in [0.29, 0.717) is 17.4 Å². The normalized spacial score (nSPS) is 11.5. The average Bonchev–Trinajstić information content (AvgIpc) is 2.65. The lowest BCUT2D eigenvalue weighted by Gasteiger charge is -2.16. The van der Waals surface area contributed by atoms with Gasteiger partial charge in [-0.25, -0.2) is 0 Å². The van der Waals surface area contributed by atoms with Gasteiger partial charge in [0, 0.05) is 12.1 Å². The summed E-state index contributed by atoms with van der Waals surface area (Å²) < 4.78 is 10.8. The summed E-state index contributed by atoms with van der Waals surface area (Å²) in [7, 11) is 1.43. The topological polar surface area (TPSA) is 90.7 Å². The fraction of sp³-hybridized carbons (Fsp3) is 0.316. The number of carbonyl (C=O) groups is 1. The first-order valence-electron chi connectivity index (χ1n) is 8.30. The van der Waals surface area contributed by atoms with E-state index in [1.807, 2.05) is 24.3 Å². The van der Waals surface area contributed by atoms with Crippen molar-refractivity contribution in [1.82, 2.24) is 0 Å². The number of nitro groups is 1. The van der Waals surface area contributed by atoms with Crippen LogP contribution >= 0.6 is 0 Å². The molecule has 0 aliphatic rings. The molecule has 2 rings (SSSR count). The molecule has 138 valence electrons. The molecule has 0 bridgehead atoms. The zero-order chi connectivity index (χ0) is 19.1. The molecule has 0 heterocycles. The minimum Gasteiger partial charge on any atom is -0.495 e. The first-order valence-corrected chi connectivity index (χ1v) is 8.30. The van der Waals surface area contributed by atoms with Gasteiger partial charge in [0.25, 0.3) is 11.6 Å². The number of ether oxygens (including phenoxy) is 2. The van der Waals surface area contributed by atoms with E-state index in [4.69, 9.17) is 9.47 Å². The zero-order valence-corrected chi connectivity index (χ0v) is 15.0. The van der Waals surface area contributed by atoms with Crippen LogP contribution in [0.4, 0.5) is 11.4 Å². The van der Waals surface area contributed by atoms with Crippen LogP contribution in [0.15, 0.2) is 42.5 Å². The Hall–Kier alpha value is -3.09. The molecule has 1 atom stereocenters. The molecule has 2 aromatic carbocycles. The van der Waals surface area contributed by atoms with E-state index in [2.05, 4.69) is 19.2 Å². The lowest BCUT2D eigenvalue weighted by molar-refractivity contribution is -0.384. The molecule has 26 heavy (non-hydrogen) atoms. The Morgan fingerprint density at radius 1 is 1.23 bits per heavy atom. The summed E-state index contributed by atoms with van der Waals surface area (Å²) >= 11 is 0. The van der Waals surface area contributed by atoms with Crippen molar-refractivity contribution in [2.45, 2.75) is 26.2 Å². The largest absolute Gasteiger partial charge is 0.495 e. The number of methoxy groups -OCH3 is 1. The van der Waals surface area contributed by atoms with Gasteiger partial charge < -0.3 is 14.8 Å². The molecule has 0 aromatic heterocycles. The lowest BCUT2D eigenvalue weighted by atomic mass is 9.98. The van der Waals surface area contributed by atoms with E-state index in [1.165, 1.54) is 25.3 Å². The van der Waals surface area contributed by atoms with Gasteiger partial charge in [-0.05, 0) is 30.0 Å². The second-order valence-electron chi connectivity index (χ2n) is 5.83. The van der Waals surface area contributed by atoms with Crippen LogP contribution in [-0.2, 0) is 4.79 Å². The highest BCUT2D eigenvalue weighted by Crippen LogP contribution is 2.30. The summed E-state index contributed by atoms with van der Waals surface area (Å²) in [5, 5.41) is 13.5. The maximum atomic E-state index is 12.2. The van der Waals surface area contributed by atoms with Crippen LogP contribution < -0.4 is 14.8 Å². The van der Waals surface area contributed by atoms with E-state index < -0.39 is 10.8 Å². The number of benzene rings is 2. The number of rotatable bonds is 8. The van der Waals surface area contributed by atoms with E-state index in [-0.39, 0.29) is 18.0 Å². The van der Waals surface area contributed by atoms with Crippen LogP contribution in [0.3, 0.4) is 0 Å². The van der Waals surface area contributed by atoms with Crippen LogP contribution in [0.5, 0.6) is 11.5 Å². The number of amides is 1. The van der Waals surface area contributed by atoms with Crippen LogP contribution in [0.2, 0.25) is 0 Å². The minimum absolute atomic E-state index is 0.135. The Morgan fingerprint density at radius 2 is 1.96 bits per heavy atom. The third-order valence-corrected chi connectivity index (χ3v) is 4.09. The monoisotopic (exact) mass is 358 g/mol. The second kappa shape index (κ2) is 8.84. The predicted octanol–water partition coefficient (Wildman–Crippen LogP) is 4.13. The van der Waals surface area contributed by atoms with Crippen molar-refractivity contribution in [2.75, 3.05) is 19.0 Å². The van der Waals surface area contributed by atoms with Crippen molar-refractivity contribution < 1.29 is 19.2 Å². The molecule has 0 aliphatic heterocycles. The van der Waals surface area contributed by atoms with Crippen molar-refractivity contribution in [2.24, 2.45) is 0 Å². The number of carbonyl (C=O) groups excluding carboxylic acids is 1. The van der Waals surface area contributed by atoms with Crippen molar-refractivity contribution in [3.8, 4) is 11.5 Å². The van der Waals surface area contributed by atoms with Gasteiger partial charge in [-0.2, -0.15) is 0 Å². The molecule has 7 nitrogen and oxygen atoms in total. The molecule has 0 radical (unpaired) electrons. The maximum Gasteiger partial charge on any atom is 0.271 e. The highest BCUT2D eigenvalue weighted by molar-refractivity contribution is 5.93. The van der Waals surface area contributed by atoms with Gasteiger partial charge in [0.05, 0.1) is 17.7 Å². The van der Waals surface area contributed by atoms with Crippen LogP contribution in [0.25, 0.3) is 0 Å². The van der Waals surface area contributed by atoms with Gasteiger partial charge in [-0.15, -0.1) is 0 Å². The van der Waals surface area contributed by atoms with E-state index in [0.717, 1.165) is 12.0 Å². The second-order valence-corrected chi connectivity index (χ2v) is 5.83. The Kier molecular flexibility index (Phi) is 6.54. The number of non-ortho nitro benzene ring substituents is 1. The molecule has 0 unspecified atom stereocenters. The fourth-order valence-electron chi connectivity index (χ4n) is 2.48. The first kappa shape index (κ1) is 19.2. The number of anilines is 1. The summed E-state index contributed by atoms with van der Waals surface area (Å²) in [4.78, 5) is 22.6. The van der Waals surface area contributed by atoms with Gasteiger partial charge >= 0.3 is 0 Å². The van der Waals surface area contributed by atoms with Crippen molar-refractivity contribution in [3.05, 3.63) is 58.1 Å². The first-order chi connectivity index (χ1) is 12.5. The Bertz CT molecular complexity index is 791. The standard InChI is InChI=1S/C19H22N2O5/c1-4-13(2)15-7-5-6-8-17(15)26-12-19(22)20-16-11-14(21(23)24)9-10-18(16)25-3/h5-11,13H,4,12H2,1-3H3,(H,20,22)/t13-/m0/s1.